The van der Waals surface area contributed by atoms with Crippen molar-refractivity contribution >= 4 is 21.9 Å². The molecule has 1 N–H and O–H groups in total. The van der Waals surface area contributed by atoms with Gasteiger partial charge in [0.25, 0.3) is 0 Å². The second-order valence-electron chi connectivity index (χ2n) is 6.97. The highest BCUT2D eigenvalue weighted by molar-refractivity contribution is 9.10. The summed E-state index contributed by atoms with van der Waals surface area (Å²) in [5, 5.41) is 3.57. The zero-order chi connectivity index (χ0) is 17.5. The Morgan fingerprint density at radius 2 is 2.17 bits per heavy atom. The molecular weight excluding hydrogens is 364 g/mol. The molecule has 0 saturated carbocycles. The summed E-state index contributed by atoms with van der Waals surface area (Å²) in [4.78, 5) is 9.23. The van der Waals surface area contributed by atoms with E-state index < -0.39 is 0 Å². The topological polar surface area (TPSA) is 30.9 Å². The van der Waals surface area contributed by atoms with E-state index in [1.165, 1.54) is 31.5 Å². The molecular formula is C19H31BrN4. The Bertz CT molecular complexity index is 544. The van der Waals surface area contributed by atoms with Crippen molar-refractivity contribution in [2.45, 2.75) is 39.3 Å². The summed E-state index contributed by atoms with van der Waals surface area (Å²) in [6, 6.07) is 9.00. The fourth-order valence-electron chi connectivity index (χ4n) is 3.31. The molecule has 0 aromatic heterocycles. The van der Waals surface area contributed by atoms with Gasteiger partial charge in [0.1, 0.15) is 0 Å². The maximum atomic E-state index is 4.45. The number of aliphatic imine (C=N–C) groups is 1. The number of nitrogens with zero attached hydrogens (tertiary/aromatic N) is 3. The molecule has 134 valence electrons. The zero-order valence-corrected chi connectivity index (χ0v) is 17.0. The van der Waals surface area contributed by atoms with Gasteiger partial charge in [-0.05, 0) is 50.8 Å². The van der Waals surface area contributed by atoms with E-state index >= 15 is 0 Å². The maximum absolute atomic E-state index is 4.45. The predicted octanol–water partition coefficient (Wildman–Crippen LogP) is 3.58. The molecule has 0 aliphatic carbocycles. The average molecular weight is 395 g/mol. The normalized spacial score (nSPS) is 19.6. The number of hydrogen-bond donors (Lipinski definition) is 1. The minimum atomic E-state index is 0.644. The number of benzene rings is 1. The monoisotopic (exact) mass is 394 g/mol. The molecule has 2 rings (SSSR count). The Kier molecular flexibility index (Phi) is 7.56. The highest BCUT2D eigenvalue weighted by Crippen LogP contribution is 2.19. The Balaban J connectivity index is 1.86. The molecule has 1 saturated heterocycles. The lowest BCUT2D eigenvalue weighted by Crippen LogP contribution is -2.46. The van der Waals surface area contributed by atoms with Gasteiger partial charge in [-0.1, -0.05) is 34.1 Å². The Hall–Kier alpha value is -1.07. The van der Waals surface area contributed by atoms with Crippen LogP contribution in [0.1, 0.15) is 32.3 Å². The first kappa shape index (κ1) is 19.3. The predicted molar refractivity (Wildman–Crippen MR) is 106 cm³/mol. The van der Waals surface area contributed by atoms with Crippen LogP contribution in [0.25, 0.3) is 0 Å². The van der Waals surface area contributed by atoms with E-state index in [-0.39, 0.29) is 0 Å². The van der Waals surface area contributed by atoms with Crippen molar-refractivity contribution < 1.29 is 0 Å². The molecule has 24 heavy (non-hydrogen) atoms. The van der Waals surface area contributed by atoms with Crippen molar-refractivity contribution in [2.75, 3.05) is 33.7 Å². The average Bonchev–Trinajstić information content (AvgIpc) is 2.57. The summed E-state index contributed by atoms with van der Waals surface area (Å²) in [7, 11) is 3.95. The van der Waals surface area contributed by atoms with Gasteiger partial charge in [0, 0.05) is 44.2 Å². The molecule has 1 aliphatic heterocycles. The highest BCUT2D eigenvalue weighted by Gasteiger charge is 2.22. The van der Waals surface area contributed by atoms with E-state index in [0.29, 0.717) is 12.0 Å². The Morgan fingerprint density at radius 3 is 2.83 bits per heavy atom. The molecule has 1 unspecified atom stereocenters. The largest absolute Gasteiger partial charge is 0.356 e. The van der Waals surface area contributed by atoms with Gasteiger partial charge < -0.3 is 15.1 Å². The molecule has 0 radical (unpaired) electrons. The summed E-state index contributed by atoms with van der Waals surface area (Å²) in [5.41, 5.74) is 1.27. The standard InChI is InChI=1S/C19H31BrN4/c1-15(2)24-11-7-8-16(13-24)12-22-19(21-3)23(4)14-17-9-5-6-10-18(17)20/h5-6,9-10,15-16H,7-8,11-14H2,1-4H3,(H,21,22). The van der Waals surface area contributed by atoms with Gasteiger partial charge in [0.2, 0.25) is 0 Å². The molecule has 1 aromatic rings. The molecule has 1 fully saturated rings. The van der Waals surface area contributed by atoms with Crippen molar-refractivity contribution in [1.29, 1.82) is 0 Å². The molecule has 0 bridgehead atoms. The van der Waals surface area contributed by atoms with E-state index in [1.54, 1.807) is 0 Å². The van der Waals surface area contributed by atoms with Crippen molar-refractivity contribution in [2.24, 2.45) is 10.9 Å². The van der Waals surface area contributed by atoms with E-state index in [2.05, 4.69) is 75.1 Å². The second kappa shape index (κ2) is 9.42. The third-order valence-corrected chi connectivity index (χ3v) is 5.54. The van der Waals surface area contributed by atoms with Crippen LogP contribution < -0.4 is 5.32 Å². The smallest absolute Gasteiger partial charge is 0.193 e. The van der Waals surface area contributed by atoms with Gasteiger partial charge in [-0.2, -0.15) is 0 Å². The van der Waals surface area contributed by atoms with Crippen LogP contribution in [0.5, 0.6) is 0 Å². The number of piperidine rings is 1. The van der Waals surface area contributed by atoms with E-state index in [9.17, 15) is 0 Å². The van der Waals surface area contributed by atoms with Crippen molar-refractivity contribution in [3.8, 4) is 0 Å². The van der Waals surface area contributed by atoms with Crippen LogP contribution in [-0.2, 0) is 6.54 Å². The van der Waals surface area contributed by atoms with Gasteiger partial charge in [0.15, 0.2) is 5.96 Å². The second-order valence-corrected chi connectivity index (χ2v) is 7.83. The van der Waals surface area contributed by atoms with Crippen LogP contribution in [-0.4, -0.2) is 55.5 Å². The van der Waals surface area contributed by atoms with Gasteiger partial charge in [-0.25, -0.2) is 0 Å². The number of guanidine groups is 1. The quantitative estimate of drug-likeness (QED) is 0.611. The van der Waals surface area contributed by atoms with E-state index in [0.717, 1.165) is 23.5 Å². The number of nitrogens with one attached hydrogen (secondary N) is 1. The van der Waals surface area contributed by atoms with E-state index in [4.69, 9.17) is 0 Å². The van der Waals surface area contributed by atoms with Crippen LogP contribution in [0, 0.1) is 5.92 Å². The van der Waals surface area contributed by atoms with Gasteiger partial charge in [-0.15, -0.1) is 0 Å². The molecule has 1 aliphatic rings. The highest BCUT2D eigenvalue weighted by atomic mass is 79.9. The van der Waals surface area contributed by atoms with Gasteiger partial charge in [-0.3, -0.25) is 4.99 Å². The van der Waals surface area contributed by atoms with Crippen LogP contribution in [0.4, 0.5) is 0 Å². The fraction of sp³-hybridized carbons (Fsp3) is 0.632. The summed E-state index contributed by atoms with van der Waals surface area (Å²) in [6.45, 7) is 8.85. The molecule has 0 spiro atoms. The number of rotatable bonds is 5. The third kappa shape index (κ3) is 5.49. The minimum absolute atomic E-state index is 0.644. The number of likely N-dealkylation sites (tertiary alicyclic amines) is 1. The zero-order valence-electron chi connectivity index (χ0n) is 15.4. The lowest BCUT2D eigenvalue weighted by molar-refractivity contribution is 0.140. The number of hydrogen-bond acceptors (Lipinski definition) is 2. The summed E-state index contributed by atoms with van der Waals surface area (Å²) in [5.74, 6) is 1.67. The van der Waals surface area contributed by atoms with Crippen LogP contribution in [0.2, 0.25) is 0 Å². The Labute approximate surface area is 155 Å². The lowest BCUT2D eigenvalue weighted by atomic mass is 9.97. The number of halogens is 1. The fourth-order valence-corrected chi connectivity index (χ4v) is 3.72. The Morgan fingerprint density at radius 1 is 1.42 bits per heavy atom. The van der Waals surface area contributed by atoms with Crippen LogP contribution in [0.15, 0.2) is 33.7 Å². The lowest BCUT2D eigenvalue weighted by Gasteiger charge is -2.36. The van der Waals surface area contributed by atoms with Crippen LogP contribution >= 0.6 is 15.9 Å². The van der Waals surface area contributed by atoms with Crippen molar-refractivity contribution in [3.05, 3.63) is 34.3 Å². The molecule has 1 atom stereocenters. The van der Waals surface area contributed by atoms with Crippen molar-refractivity contribution in [1.82, 2.24) is 15.1 Å². The molecule has 0 amide bonds. The summed E-state index contributed by atoms with van der Waals surface area (Å²) >= 11 is 3.63. The molecule has 5 heteroatoms. The first-order valence-corrected chi connectivity index (χ1v) is 9.69. The van der Waals surface area contributed by atoms with E-state index in [1.807, 2.05) is 13.1 Å². The maximum Gasteiger partial charge on any atom is 0.193 e. The minimum Gasteiger partial charge on any atom is -0.356 e. The molecule has 1 aromatic carbocycles. The first-order chi connectivity index (χ1) is 11.5. The van der Waals surface area contributed by atoms with Gasteiger partial charge in [0.05, 0.1) is 0 Å². The summed E-state index contributed by atoms with van der Waals surface area (Å²) in [6.07, 6.45) is 2.61. The molecule has 4 nitrogen and oxygen atoms in total. The van der Waals surface area contributed by atoms with Crippen LogP contribution in [0.3, 0.4) is 0 Å². The first-order valence-electron chi connectivity index (χ1n) is 8.90. The third-order valence-electron chi connectivity index (χ3n) is 4.77. The van der Waals surface area contributed by atoms with Gasteiger partial charge >= 0.3 is 0 Å². The van der Waals surface area contributed by atoms with Crippen molar-refractivity contribution in [3.63, 3.8) is 0 Å². The summed E-state index contributed by atoms with van der Waals surface area (Å²) < 4.78 is 1.15. The molecule has 1 heterocycles. The SMILES string of the molecule is CN=C(NCC1CCCN(C(C)C)C1)N(C)Cc1ccccc1Br.